The molecule has 0 unspecified atom stereocenters. The smallest absolute Gasteiger partial charge is 0.329 e. The molecule has 3 rings (SSSR count). The molecule has 0 saturated heterocycles. The average molecular weight is 343 g/mol. The van der Waals surface area contributed by atoms with Gasteiger partial charge in [0.2, 0.25) is 5.91 Å². The van der Waals surface area contributed by atoms with E-state index in [2.05, 4.69) is 27.7 Å². The van der Waals surface area contributed by atoms with Gasteiger partial charge in [-0.1, -0.05) is 32.9 Å². The van der Waals surface area contributed by atoms with E-state index in [4.69, 9.17) is 0 Å². The number of amides is 1. The average Bonchev–Trinajstić information content (AvgIpc) is 3.38. The second-order valence-corrected chi connectivity index (χ2v) is 7.53. The largest absolute Gasteiger partial charge is 0.335 e. The minimum atomic E-state index is -0.0793. The van der Waals surface area contributed by atoms with Crippen molar-refractivity contribution in [2.45, 2.75) is 72.1 Å². The van der Waals surface area contributed by atoms with Crippen LogP contribution >= 0.6 is 0 Å². The maximum Gasteiger partial charge on any atom is 0.329 e. The minimum Gasteiger partial charge on any atom is -0.335 e. The number of aryl methyl sites for hydroxylation is 1. The zero-order valence-electron chi connectivity index (χ0n) is 15.7. The number of aromatic nitrogens is 2. The summed E-state index contributed by atoms with van der Waals surface area (Å²) >= 11 is 0. The third-order valence-electron chi connectivity index (χ3n) is 5.30. The Morgan fingerprint density at radius 2 is 1.76 bits per heavy atom. The van der Waals surface area contributed by atoms with Crippen LogP contribution in [-0.4, -0.2) is 32.0 Å². The topological polar surface area (TPSA) is 47.2 Å². The fraction of sp³-hybridized carbons (Fsp3) is 0.600. The van der Waals surface area contributed by atoms with Crippen LogP contribution in [0.25, 0.3) is 11.0 Å². The summed E-state index contributed by atoms with van der Waals surface area (Å²) in [5, 5.41) is 0. The van der Waals surface area contributed by atoms with Crippen molar-refractivity contribution in [1.82, 2.24) is 14.0 Å². The Hall–Kier alpha value is -2.04. The van der Waals surface area contributed by atoms with Gasteiger partial charge in [0.05, 0.1) is 11.0 Å². The van der Waals surface area contributed by atoms with E-state index >= 15 is 0 Å². The molecule has 0 radical (unpaired) electrons. The van der Waals surface area contributed by atoms with Gasteiger partial charge in [0.1, 0.15) is 6.54 Å². The molecule has 2 aromatic rings. The summed E-state index contributed by atoms with van der Waals surface area (Å²) in [6.07, 6.45) is 3.05. The summed E-state index contributed by atoms with van der Waals surface area (Å²) in [7, 11) is 0. The van der Waals surface area contributed by atoms with Gasteiger partial charge in [-0.25, -0.2) is 4.79 Å². The van der Waals surface area contributed by atoms with Crippen LogP contribution in [0.15, 0.2) is 29.1 Å². The van der Waals surface area contributed by atoms with Gasteiger partial charge >= 0.3 is 5.69 Å². The second kappa shape index (κ2) is 7.06. The van der Waals surface area contributed by atoms with Crippen molar-refractivity contribution in [3.63, 3.8) is 0 Å². The predicted octanol–water partition coefficient (Wildman–Crippen LogP) is 3.25. The fourth-order valence-corrected chi connectivity index (χ4v) is 3.52. The molecule has 0 bridgehead atoms. The molecule has 5 heteroatoms. The van der Waals surface area contributed by atoms with Crippen LogP contribution in [0.3, 0.4) is 0 Å². The third-order valence-corrected chi connectivity index (χ3v) is 5.30. The van der Waals surface area contributed by atoms with Crippen molar-refractivity contribution in [3.05, 3.63) is 34.7 Å². The summed E-state index contributed by atoms with van der Waals surface area (Å²) in [5.41, 5.74) is 1.68. The van der Waals surface area contributed by atoms with Crippen LogP contribution in [0.1, 0.15) is 47.0 Å². The number of fused-ring (bicyclic) bond motifs is 1. The first-order valence-corrected chi connectivity index (χ1v) is 9.45. The molecule has 1 heterocycles. The Balaban J connectivity index is 1.95. The minimum absolute atomic E-state index is 0.0604. The van der Waals surface area contributed by atoms with E-state index in [-0.39, 0.29) is 24.2 Å². The zero-order valence-corrected chi connectivity index (χ0v) is 15.7. The van der Waals surface area contributed by atoms with E-state index in [1.54, 1.807) is 9.13 Å². The molecule has 0 N–H and O–H groups in total. The molecule has 1 amide bonds. The van der Waals surface area contributed by atoms with Gasteiger partial charge in [-0.05, 0) is 44.2 Å². The normalized spacial score (nSPS) is 15.7. The number of carbonyl (C=O) groups is 1. The van der Waals surface area contributed by atoms with Crippen molar-refractivity contribution in [2.24, 2.45) is 5.92 Å². The van der Waals surface area contributed by atoms with Crippen LogP contribution < -0.4 is 5.69 Å². The Kier molecular flexibility index (Phi) is 5.02. The Morgan fingerprint density at radius 3 is 2.28 bits per heavy atom. The van der Waals surface area contributed by atoms with Gasteiger partial charge in [0.25, 0.3) is 0 Å². The van der Waals surface area contributed by atoms with E-state index in [0.717, 1.165) is 30.3 Å². The molecule has 1 fully saturated rings. The monoisotopic (exact) mass is 343 g/mol. The lowest BCUT2D eigenvalue weighted by Crippen LogP contribution is -2.45. The Bertz CT molecular complexity index is 814. The molecule has 136 valence electrons. The molecular formula is C20H29N3O2. The van der Waals surface area contributed by atoms with Crippen molar-refractivity contribution in [3.8, 4) is 0 Å². The number of carbonyl (C=O) groups excluding carboxylic acids is 1. The highest BCUT2D eigenvalue weighted by atomic mass is 16.2. The number of para-hydroxylation sites is 2. The summed E-state index contributed by atoms with van der Waals surface area (Å²) in [6, 6.07) is 8.31. The molecular weight excluding hydrogens is 314 g/mol. The van der Waals surface area contributed by atoms with Crippen LogP contribution in [-0.2, 0) is 17.9 Å². The van der Waals surface area contributed by atoms with E-state index in [0.29, 0.717) is 18.5 Å². The molecule has 25 heavy (non-hydrogen) atoms. The predicted molar refractivity (Wildman–Crippen MR) is 101 cm³/mol. The molecule has 1 aromatic heterocycles. The Morgan fingerprint density at radius 1 is 1.16 bits per heavy atom. The van der Waals surface area contributed by atoms with Crippen LogP contribution in [0.5, 0.6) is 0 Å². The van der Waals surface area contributed by atoms with Gasteiger partial charge in [-0.15, -0.1) is 0 Å². The van der Waals surface area contributed by atoms with Crippen LogP contribution in [0.2, 0.25) is 0 Å². The number of hydrogen-bond donors (Lipinski definition) is 0. The first-order valence-electron chi connectivity index (χ1n) is 9.45. The standard InChI is InChI=1S/C20H29N3O2/c1-5-12-21-17-8-6-7-9-18(17)22(20(21)25)13-19(24)23(16-10-11-16)15(4)14(2)3/h6-9,14-16H,5,10-13H2,1-4H3/t15-/m1/s1. The highest BCUT2D eigenvalue weighted by molar-refractivity contribution is 5.81. The number of benzene rings is 1. The molecule has 1 aliphatic carbocycles. The second-order valence-electron chi connectivity index (χ2n) is 7.53. The van der Waals surface area contributed by atoms with Gasteiger partial charge < -0.3 is 4.90 Å². The first-order chi connectivity index (χ1) is 12.0. The van der Waals surface area contributed by atoms with Gasteiger partial charge in [0, 0.05) is 18.6 Å². The number of imidazole rings is 1. The molecule has 0 spiro atoms. The van der Waals surface area contributed by atoms with E-state index in [1.807, 2.05) is 29.2 Å². The van der Waals surface area contributed by atoms with Crippen molar-refractivity contribution in [1.29, 1.82) is 0 Å². The zero-order chi connectivity index (χ0) is 18.1. The summed E-state index contributed by atoms with van der Waals surface area (Å²) < 4.78 is 3.44. The van der Waals surface area contributed by atoms with E-state index in [1.165, 1.54) is 0 Å². The highest BCUT2D eigenvalue weighted by Gasteiger charge is 2.36. The van der Waals surface area contributed by atoms with Gasteiger partial charge in [-0.3, -0.25) is 13.9 Å². The molecule has 0 aliphatic heterocycles. The van der Waals surface area contributed by atoms with E-state index < -0.39 is 0 Å². The lowest BCUT2D eigenvalue weighted by atomic mass is 10.0. The van der Waals surface area contributed by atoms with Crippen LogP contribution in [0, 0.1) is 5.92 Å². The summed E-state index contributed by atoms with van der Waals surface area (Å²) in [6.45, 7) is 9.27. The fourth-order valence-electron chi connectivity index (χ4n) is 3.52. The third kappa shape index (κ3) is 3.37. The molecule has 1 atom stereocenters. The number of hydrogen-bond acceptors (Lipinski definition) is 2. The SMILES string of the molecule is CCCn1c(=O)n(CC(=O)N(C2CC2)[C@H](C)C(C)C)c2ccccc21. The lowest BCUT2D eigenvalue weighted by Gasteiger charge is -2.32. The quantitative estimate of drug-likeness (QED) is 0.775. The van der Waals surface area contributed by atoms with Gasteiger partial charge in [-0.2, -0.15) is 0 Å². The highest BCUT2D eigenvalue weighted by Crippen LogP contribution is 2.31. The van der Waals surface area contributed by atoms with E-state index in [9.17, 15) is 9.59 Å². The van der Waals surface area contributed by atoms with Crippen molar-refractivity contribution < 1.29 is 4.79 Å². The number of rotatable bonds is 7. The molecule has 5 nitrogen and oxygen atoms in total. The molecule has 1 aromatic carbocycles. The molecule has 1 aliphatic rings. The first kappa shape index (κ1) is 17.8. The van der Waals surface area contributed by atoms with Crippen molar-refractivity contribution in [2.75, 3.05) is 0 Å². The summed E-state index contributed by atoms with van der Waals surface area (Å²) in [4.78, 5) is 28.0. The lowest BCUT2D eigenvalue weighted by molar-refractivity contribution is -0.135. The Labute approximate surface area is 149 Å². The number of nitrogens with zero attached hydrogens (tertiary/aromatic N) is 3. The summed E-state index contributed by atoms with van der Waals surface area (Å²) in [5.74, 6) is 0.466. The van der Waals surface area contributed by atoms with Gasteiger partial charge in [0.15, 0.2) is 0 Å². The maximum absolute atomic E-state index is 13.1. The van der Waals surface area contributed by atoms with Crippen LogP contribution in [0.4, 0.5) is 0 Å². The maximum atomic E-state index is 13.1. The van der Waals surface area contributed by atoms with Crippen molar-refractivity contribution >= 4 is 16.9 Å². The molecule has 1 saturated carbocycles.